The molecule has 0 radical (unpaired) electrons. The van der Waals surface area contributed by atoms with Crippen LogP contribution in [0.3, 0.4) is 0 Å². The van der Waals surface area contributed by atoms with Crippen LogP contribution in [0.2, 0.25) is 0 Å². The highest BCUT2D eigenvalue weighted by molar-refractivity contribution is 7.10. The Labute approximate surface area is 120 Å². The molecule has 19 heavy (non-hydrogen) atoms. The Morgan fingerprint density at radius 3 is 2.84 bits per heavy atom. The van der Waals surface area contributed by atoms with Gasteiger partial charge in [0.2, 0.25) is 5.91 Å². The van der Waals surface area contributed by atoms with E-state index in [9.17, 15) is 4.79 Å². The molecule has 1 aromatic rings. The second-order valence-electron chi connectivity index (χ2n) is 5.64. The molecule has 1 N–H and O–H groups in total. The maximum Gasteiger partial charge on any atom is 0.241 e. The van der Waals surface area contributed by atoms with Gasteiger partial charge in [-0.15, -0.1) is 11.3 Å². The first-order valence-electron chi connectivity index (χ1n) is 7.23. The molecular weight excluding hydrogens is 256 g/mol. The second kappa shape index (κ2) is 6.53. The van der Waals surface area contributed by atoms with Crippen LogP contribution < -0.4 is 5.32 Å². The van der Waals surface area contributed by atoms with Crippen molar-refractivity contribution >= 4 is 17.2 Å². The van der Waals surface area contributed by atoms with Gasteiger partial charge in [-0.2, -0.15) is 0 Å². The first-order chi connectivity index (χ1) is 9.13. The van der Waals surface area contributed by atoms with Gasteiger partial charge in [-0.1, -0.05) is 33.3 Å². The minimum absolute atomic E-state index is 0.00395. The highest BCUT2D eigenvalue weighted by atomic mass is 32.1. The van der Waals surface area contributed by atoms with Gasteiger partial charge in [-0.05, 0) is 30.2 Å². The second-order valence-corrected chi connectivity index (χ2v) is 6.62. The van der Waals surface area contributed by atoms with E-state index in [4.69, 9.17) is 0 Å². The zero-order chi connectivity index (χ0) is 13.8. The molecule has 1 aliphatic rings. The highest BCUT2D eigenvalue weighted by Gasteiger charge is 2.38. The van der Waals surface area contributed by atoms with E-state index in [2.05, 4.69) is 43.6 Å². The smallest absolute Gasteiger partial charge is 0.241 e. The maximum absolute atomic E-state index is 12.5. The Balaban J connectivity index is 2.11. The van der Waals surface area contributed by atoms with E-state index < -0.39 is 0 Å². The third kappa shape index (κ3) is 3.37. The van der Waals surface area contributed by atoms with Crippen LogP contribution in [-0.2, 0) is 4.79 Å². The molecule has 0 spiro atoms. The number of thiophene rings is 1. The van der Waals surface area contributed by atoms with Gasteiger partial charge in [0.1, 0.15) is 6.17 Å². The molecule has 1 aliphatic heterocycles. The van der Waals surface area contributed by atoms with E-state index in [-0.39, 0.29) is 18.1 Å². The molecule has 2 unspecified atom stereocenters. The van der Waals surface area contributed by atoms with Gasteiger partial charge in [0, 0.05) is 11.4 Å². The van der Waals surface area contributed by atoms with Crippen LogP contribution in [0.4, 0.5) is 0 Å². The van der Waals surface area contributed by atoms with Crippen molar-refractivity contribution in [2.24, 2.45) is 5.92 Å². The molecule has 2 heterocycles. The monoisotopic (exact) mass is 280 g/mol. The van der Waals surface area contributed by atoms with Gasteiger partial charge in [0.15, 0.2) is 0 Å². The van der Waals surface area contributed by atoms with Gasteiger partial charge in [-0.3, -0.25) is 10.1 Å². The summed E-state index contributed by atoms with van der Waals surface area (Å²) < 4.78 is 0. The lowest BCUT2D eigenvalue weighted by Crippen LogP contribution is -2.32. The van der Waals surface area contributed by atoms with Crippen LogP contribution in [0.5, 0.6) is 0 Å². The van der Waals surface area contributed by atoms with Crippen molar-refractivity contribution in [2.75, 3.05) is 6.54 Å². The summed E-state index contributed by atoms with van der Waals surface area (Å²) in [6.07, 6.45) is 3.12. The molecule has 0 bridgehead atoms. The standard InChI is InChI=1S/C15H24N2OS/c1-4-6-12-15(18)17(9-8-11(2)3)14(16-12)13-7-5-10-19-13/h5,7,10-12,14,16H,4,6,8-9H2,1-3H3. The van der Waals surface area contributed by atoms with Crippen molar-refractivity contribution in [1.82, 2.24) is 10.2 Å². The molecule has 2 atom stereocenters. The average molecular weight is 280 g/mol. The number of rotatable bonds is 6. The lowest BCUT2D eigenvalue weighted by Gasteiger charge is -2.24. The van der Waals surface area contributed by atoms with Crippen molar-refractivity contribution in [1.29, 1.82) is 0 Å². The van der Waals surface area contributed by atoms with Crippen molar-refractivity contribution in [3.63, 3.8) is 0 Å². The van der Waals surface area contributed by atoms with Crippen molar-refractivity contribution < 1.29 is 4.79 Å². The van der Waals surface area contributed by atoms with Gasteiger partial charge >= 0.3 is 0 Å². The third-order valence-electron chi connectivity index (χ3n) is 3.59. The maximum atomic E-state index is 12.5. The molecule has 0 aromatic carbocycles. The number of carbonyl (C=O) groups excluding carboxylic acids is 1. The summed E-state index contributed by atoms with van der Waals surface area (Å²) in [7, 11) is 0. The molecule has 1 saturated heterocycles. The summed E-state index contributed by atoms with van der Waals surface area (Å²) in [5, 5.41) is 5.58. The van der Waals surface area contributed by atoms with Gasteiger partial charge in [-0.25, -0.2) is 0 Å². The molecule has 1 aromatic heterocycles. The Hall–Kier alpha value is -0.870. The topological polar surface area (TPSA) is 32.3 Å². The Bertz CT molecular complexity index is 402. The SMILES string of the molecule is CCCC1NC(c2cccs2)N(CCC(C)C)C1=O. The number of hydrogen-bond acceptors (Lipinski definition) is 3. The normalized spacial score (nSPS) is 23.6. The predicted molar refractivity (Wildman–Crippen MR) is 80.1 cm³/mol. The number of hydrogen-bond donors (Lipinski definition) is 1. The third-order valence-corrected chi connectivity index (χ3v) is 4.51. The largest absolute Gasteiger partial charge is 0.321 e. The van der Waals surface area contributed by atoms with E-state index in [1.165, 1.54) is 4.88 Å². The molecule has 1 amide bonds. The molecule has 0 saturated carbocycles. The van der Waals surface area contributed by atoms with E-state index in [0.717, 1.165) is 25.8 Å². The molecule has 3 nitrogen and oxygen atoms in total. The van der Waals surface area contributed by atoms with E-state index in [1.54, 1.807) is 11.3 Å². The van der Waals surface area contributed by atoms with Crippen molar-refractivity contribution in [3.05, 3.63) is 22.4 Å². The zero-order valence-corrected chi connectivity index (χ0v) is 12.9. The number of amides is 1. The van der Waals surface area contributed by atoms with Crippen LogP contribution in [0.15, 0.2) is 17.5 Å². The van der Waals surface area contributed by atoms with Gasteiger partial charge in [0.05, 0.1) is 6.04 Å². The van der Waals surface area contributed by atoms with Gasteiger partial charge < -0.3 is 4.90 Å². The fourth-order valence-corrected chi connectivity index (χ4v) is 3.29. The molecule has 2 rings (SSSR count). The minimum Gasteiger partial charge on any atom is -0.321 e. The van der Waals surface area contributed by atoms with Crippen LogP contribution in [0, 0.1) is 5.92 Å². The number of carbonyl (C=O) groups is 1. The lowest BCUT2D eigenvalue weighted by molar-refractivity contribution is -0.130. The summed E-state index contributed by atoms with van der Waals surface area (Å²) in [5.41, 5.74) is 0. The van der Waals surface area contributed by atoms with E-state index >= 15 is 0 Å². The quantitative estimate of drug-likeness (QED) is 0.866. The highest BCUT2D eigenvalue weighted by Crippen LogP contribution is 2.30. The fraction of sp³-hybridized carbons (Fsp3) is 0.667. The first kappa shape index (κ1) is 14.5. The summed E-state index contributed by atoms with van der Waals surface area (Å²) in [6.45, 7) is 7.40. The Morgan fingerprint density at radius 1 is 1.47 bits per heavy atom. The van der Waals surface area contributed by atoms with Crippen LogP contribution in [-0.4, -0.2) is 23.4 Å². The average Bonchev–Trinajstić information content (AvgIpc) is 2.97. The molecular formula is C15H24N2OS. The number of nitrogens with zero attached hydrogens (tertiary/aromatic N) is 1. The summed E-state index contributed by atoms with van der Waals surface area (Å²) >= 11 is 1.72. The Morgan fingerprint density at radius 2 is 2.26 bits per heavy atom. The van der Waals surface area contributed by atoms with E-state index in [0.29, 0.717) is 5.92 Å². The van der Waals surface area contributed by atoms with Crippen LogP contribution in [0.1, 0.15) is 51.1 Å². The lowest BCUT2D eigenvalue weighted by atomic mass is 10.1. The minimum atomic E-state index is 0.00395. The van der Waals surface area contributed by atoms with E-state index in [1.807, 2.05) is 4.90 Å². The van der Waals surface area contributed by atoms with Crippen molar-refractivity contribution in [2.45, 2.75) is 52.2 Å². The fourth-order valence-electron chi connectivity index (χ4n) is 2.49. The summed E-state index contributed by atoms with van der Waals surface area (Å²) in [5.74, 6) is 0.905. The summed E-state index contributed by atoms with van der Waals surface area (Å²) in [4.78, 5) is 15.8. The van der Waals surface area contributed by atoms with Crippen LogP contribution >= 0.6 is 11.3 Å². The van der Waals surface area contributed by atoms with Crippen LogP contribution in [0.25, 0.3) is 0 Å². The first-order valence-corrected chi connectivity index (χ1v) is 8.11. The Kier molecular flexibility index (Phi) is 4.99. The zero-order valence-electron chi connectivity index (χ0n) is 12.1. The number of nitrogens with one attached hydrogen (secondary N) is 1. The molecule has 106 valence electrons. The molecule has 1 fully saturated rings. The molecule has 0 aliphatic carbocycles. The molecule has 4 heteroatoms. The van der Waals surface area contributed by atoms with Crippen molar-refractivity contribution in [3.8, 4) is 0 Å². The van der Waals surface area contributed by atoms with Gasteiger partial charge in [0.25, 0.3) is 0 Å². The predicted octanol–water partition coefficient (Wildman–Crippen LogP) is 3.39. The summed E-state index contributed by atoms with van der Waals surface area (Å²) in [6, 6.07) is 4.18.